The molecule has 2 rings (SSSR count). The second kappa shape index (κ2) is 5.67. The fraction of sp³-hybridized carbons (Fsp3) is 0.929. The zero-order valence-electron chi connectivity index (χ0n) is 12.4. The number of amides is 1. The summed E-state index contributed by atoms with van der Waals surface area (Å²) < 4.78 is 5.31. The highest BCUT2D eigenvalue weighted by Crippen LogP contribution is 2.37. The van der Waals surface area contributed by atoms with E-state index < -0.39 is 5.60 Å². The average molecular weight is 269 g/mol. The molecule has 0 aromatic carbocycles. The van der Waals surface area contributed by atoms with E-state index in [1.54, 1.807) is 0 Å². The van der Waals surface area contributed by atoms with Crippen LogP contribution in [-0.2, 0) is 4.74 Å². The molecule has 1 saturated carbocycles. The molecule has 0 atom stereocenters. The van der Waals surface area contributed by atoms with Crippen molar-refractivity contribution in [2.24, 2.45) is 0 Å². The van der Waals surface area contributed by atoms with Crippen molar-refractivity contribution in [3.8, 4) is 0 Å². The maximum atomic E-state index is 11.8. The van der Waals surface area contributed by atoms with Gasteiger partial charge in [0, 0.05) is 38.3 Å². The Balaban J connectivity index is 1.83. The Labute approximate surface area is 116 Å². The van der Waals surface area contributed by atoms with Gasteiger partial charge in [0.25, 0.3) is 0 Å². The number of hydrogen-bond donors (Lipinski definition) is 2. The maximum Gasteiger partial charge on any atom is 0.407 e. The molecule has 0 unspecified atom stereocenters. The van der Waals surface area contributed by atoms with Crippen molar-refractivity contribution in [3.63, 3.8) is 0 Å². The lowest BCUT2D eigenvalue weighted by Crippen LogP contribution is -2.64. The number of piperazine rings is 1. The Hall–Kier alpha value is -0.810. The lowest BCUT2D eigenvalue weighted by atomic mass is 9.75. The molecule has 0 bridgehead atoms. The van der Waals surface area contributed by atoms with Crippen LogP contribution in [0.2, 0.25) is 0 Å². The second-order valence-electron chi connectivity index (χ2n) is 6.67. The standard InChI is InChI=1S/C14H27N3O2/c1-13(2,3)19-12(18)16-11-14(5-4-6-14)17-9-7-15-8-10-17/h15H,4-11H2,1-3H3,(H,16,18). The van der Waals surface area contributed by atoms with Crippen molar-refractivity contribution < 1.29 is 9.53 Å². The van der Waals surface area contributed by atoms with Gasteiger partial charge < -0.3 is 15.4 Å². The monoisotopic (exact) mass is 269 g/mol. The van der Waals surface area contributed by atoms with Gasteiger partial charge in [-0.05, 0) is 40.0 Å². The quantitative estimate of drug-likeness (QED) is 0.812. The van der Waals surface area contributed by atoms with Crippen LogP contribution in [0.3, 0.4) is 0 Å². The van der Waals surface area contributed by atoms with Crippen molar-refractivity contribution in [2.75, 3.05) is 32.7 Å². The lowest BCUT2D eigenvalue weighted by molar-refractivity contribution is 0.00183. The minimum absolute atomic E-state index is 0.180. The van der Waals surface area contributed by atoms with Gasteiger partial charge in [-0.3, -0.25) is 4.90 Å². The van der Waals surface area contributed by atoms with Crippen LogP contribution in [0.15, 0.2) is 0 Å². The molecule has 1 aliphatic heterocycles. The van der Waals surface area contributed by atoms with Gasteiger partial charge in [0.15, 0.2) is 0 Å². The van der Waals surface area contributed by atoms with Gasteiger partial charge in [0.1, 0.15) is 5.60 Å². The first-order chi connectivity index (χ1) is 8.91. The molecular formula is C14H27N3O2. The molecule has 0 aromatic rings. The fourth-order valence-electron chi connectivity index (χ4n) is 2.88. The Kier molecular flexibility index (Phi) is 4.36. The molecule has 0 aromatic heterocycles. The molecule has 1 saturated heterocycles. The van der Waals surface area contributed by atoms with Gasteiger partial charge in [-0.1, -0.05) is 0 Å². The zero-order chi connectivity index (χ0) is 13.9. The number of carbonyl (C=O) groups excluding carboxylic acids is 1. The average Bonchev–Trinajstić information content (AvgIpc) is 2.26. The van der Waals surface area contributed by atoms with E-state index in [4.69, 9.17) is 4.74 Å². The van der Waals surface area contributed by atoms with Crippen molar-refractivity contribution in [3.05, 3.63) is 0 Å². The molecule has 110 valence electrons. The number of nitrogens with one attached hydrogen (secondary N) is 2. The van der Waals surface area contributed by atoms with Gasteiger partial charge >= 0.3 is 6.09 Å². The number of ether oxygens (including phenoxy) is 1. The Bertz CT molecular complexity index is 315. The van der Waals surface area contributed by atoms with E-state index in [1.807, 2.05) is 20.8 Å². The summed E-state index contributed by atoms with van der Waals surface area (Å²) in [5.74, 6) is 0. The van der Waals surface area contributed by atoms with Crippen LogP contribution >= 0.6 is 0 Å². The molecule has 0 radical (unpaired) electrons. The van der Waals surface area contributed by atoms with Gasteiger partial charge in [-0.2, -0.15) is 0 Å². The van der Waals surface area contributed by atoms with Crippen LogP contribution in [0.4, 0.5) is 4.79 Å². The van der Waals surface area contributed by atoms with Crippen molar-refractivity contribution >= 4 is 6.09 Å². The van der Waals surface area contributed by atoms with Crippen LogP contribution < -0.4 is 10.6 Å². The van der Waals surface area contributed by atoms with Gasteiger partial charge in [0.2, 0.25) is 0 Å². The highest BCUT2D eigenvalue weighted by atomic mass is 16.6. The largest absolute Gasteiger partial charge is 0.444 e. The van der Waals surface area contributed by atoms with E-state index >= 15 is 0 Å². The topological polar surface area (TPSA) is 53.6 Å². The molecule has 2 fully saturated rings. The maximum absolute atomic E-state index is 11.8. The normalized spacial score (nSPS) is 23.5. The van der Waals surface area contributed by atoms with Crippen LogP contribution in [-0.4, -0.2) is 54.9 Å². The molecule has 2 aliphatic rings. The lowest BCUT2D eigenvalue weighted by Gasteiger charge is -2.52. The molecule has 5 heteroatoms. The minimum Gasteiger partial charge on any atom is -0.444 e. The summed E-state index contributed by atoms with van der Waals surface area (Å²) in [4.78, 5) is 14.3. The summed E-state index contributed by atoms with van der Waals surface area (Å²) in [5, 5.41) is 6.33. The third-order valence-corrected chi connectivity index (χ3v) is 4.03. The van der Waals surface area contributed by atoms with E-state index in [1.165, 1.54) is 19.3 Å². The summed E-state index contributed by atoms with van der Waals surface area (Å²) in [6.07, 6.45) is 3.33. The van der Waals surface area contributed by atoms with Crippen LogP contribution in [0.5, 0.6) is 0 Å². The van der Waals surface area contributed by atoms with Gasteiger partial charge in [-0.25, -0.2) is 4.79 Å². The smallest absolute Gasteiger partial charge is 0.407 e. The van der Waals surface area contributed by atoms with E-state index in [0.717, 1.165) is 26.2 Å². The van der Waals surface area contributed by atoms with E-state index in [2.05, 4.69) is 15.5 Å². The number of carbonyl (C=O) groups is 1. The van der Waals surface area contributed by atoms with Gasteiger partial charge in [-0.15, -0.1) is 0 Å². The first-order valence-electron chi connectivity index (χ1n) is 7.34. The first kappa shape index (κ1) is 14.6. The highest BCUT2D eigenvalue weighted by molar-refractivity contribution is 5.67. The number of nitrogens with zero attached hydrogens (tertiary/aromatic N) is 1. The van der Waals surface area contributed by atoms with Crippen LogP contribution in [0.1, 0.15) is 40.0 Å². The van der Waals surface area contributed by atoms with Crippen molar-refractivity contribution in [1.29, 1.82) is 0 Å². The Morgan fingerprint density at radius 3 is 2.42 bits per heavy atom. The molecule has 1 amide bonds. The summed E-state index contributed by atoms with van der Waals surface area (Å²) in [5.41, 5.74) is -0.245. The molecule has 19 heavy (non-hydrogen) atoms. The Morgan fingerprint density at radius 2 is 1.95 bits per heavy atom. The molecule has 5 nitrogen and oxygen atoms in total. The summed E-state index contributed by atoms with van der Waals surface area (Å²) >= 11 is 0. The van der Waals surface area contributed by atoms with Crippen molar-refractivity contribution in [1.82, 2.24) is 15.5 Å². The highest BCUT2D eigenvalue weighted by Gasteiger charge is 2.42. The predicted octanol–water partition coefficient (Wildman–Crippen LogP) is 1.34. The zero-order valence-corrected chi connectivity index (χ0v) is 12.4. The molecule has 1 aliphatic carbocycles. The number of alkyl carbamates (subject to hydrolysis) is 1. The summed E-state index contributed by atoms with van der Waals surface area (Å²) in [7, 11) is 0. The van der Waals surface area contributed by atoms with Crippen LogP contribution in [0, 0.1) is 0 Å². The third-order valence-electron chi connectivity index (χ3n) is 4.03. The number of rotatable bonds is 3. The third kappa shape index (κ3) is 3.83. The van der Waals surface area contributed by atoms with Crippen molar-refractivity contribution in [2.45, 2.75) is 51.2 Å². The van der Waals surface area contributed by atoms with E-state index in [9.17, 15) is 4.79 Å². The summed E-state index contributed by atoms with van der Waals surface area (Å²) in [6.45, 7) is 10.6. The SMILES string of the molecule is CC(C)(C)OC(=O)NCC1(N2CCNCC2)CCC1. The predicted molar refractivity (Wildman–Crippen MR) is 75.3 cm³/mol. The molecule has 1 heterocycles. The molecule has 2 N–H and O–H groups in total. The fourth-order valence-corrected chi connectivity index (χ4v) is 2.88. The molecule has 0 spiro atoms. The molecular weight excluding hydrogens is 242 g/mol. The minimum atomic E-state index is -0.425. The summed E-state index contributed by atoms with van der Waals surface area (Å²) in [6, 6.07) is 0. The number of hydrogen-bond acceptors (Lipinski definition) is 4. The first-order valence-corrected chi connectivity index (χ1v) is 7.34. The van der Waals surface area contributed by atoms with E-state index in [0.29, 0.717) is 6.54 Å². The van der Waals surface area contributed by atoms with Crippen LogP contribution in [0.25, 0.3) is 0 Å². The van der Waals surface area contributed by atoms with E-state index in [-0.39, 0.29) is 11.6 Å². The van der Waals surface area contributed by atoms with Gasteiger partial charge in [0.05, 0.1) is 0 Å². The second-order valence-corrected chi connectivity index (χ2v) is 6.67. The Morgan fingerprint density at radius 1 is 1.32 bits per heavy atom.